The van der Waals surface area contributed by atoms with Crippen LogP contribution in [0.25, 0.3) is 5.65 Å². The maximum absolute atomic E-state index is 10.8. The smallest absolute Gasteiger partial charge is 0.268 e. The minimum atomic E-state index is -0.556. The maximum atomic E-state index is 10.8. The number of nitrogens with two attached hydrogens (primary N) is 1. The summed E-state index contributed by atoms with van der Waals surface area (Å²) in [4.78, 5) is 14.8. The fourth-order valence-electron chi connectivity index (χ4n) is 1.10. The number of nitrogens with zero attached hydrogens (tertiary/aromatic N) is 2. The van der Waals surface area contributed by atoms with Crippen LogP contribution in [0.2, 0.25) is 5.02 Å². The summed E-state index contributed by atoms with van der Waals surface area (Å²) in [5.41, 5.74) is 5.83. The standard InChI is InChI=1S/C8H6ClN3O/c9-5-2-1-3-12-4-6(7(10)13)11-8(5)12/h1-4H,(H2,10,13). The van der Waals surface area contributed by atoms with Gasteiger partial charge >= 0.3 is 0 Å². The van der Waals surface area contributed by atoms with E-state index >= 15 is 0 Å². The lowest BCUT2D eigenvalue weighted by Crippen LogP contribution is -2.10. The van der Waals surface area contributed by atoms with E-state index in [2.05, 4.69) is 4.98 Å². The summed E-state index contributed by atoms with van der Waals surface area (Å²) in [6.45, 7) is 0. The van der Waals surface area contributed by atoms with Gasteiger partial charge in [0.15, 0.2) is 5.65 Å². The molecule has 2 heterocycles. The summed E-state index contributed by atoms with van der Waals surface area (Å²) in [6, 6.07) is 3.47. The molecule has 0 saturated heterocycles. The van der Waals surface area contributed by atoms with E-state index in [1.165, 1.54) is 0 Å². The van der Waals surface area contributed by atoms with Gasteiger partial charge in [0.25, 0.3) is 5.91 Å². The van der Waals surface area contributed by atoms with Crippen molar-refractivity contribution < 1.29 is 4.79 Å². The fourth-order valence-corrected chi connectivity index (χ4v) is 1.31. The lowest BCUT2D eigenvalue weighted by molar-refractivity contribution is 0.0996. The average molecular weight is 196 g/mol. The number of hydrogen-bond acceptors (Lipinski definition) is 2. The molecule has 5 heteroatoms. The van der Waals surface area contributed by atoms with Gasteiger partial charge in [0, 0.05) is 12.4 Å². The molecule has 66 valence electrons. The second kappa shape index (κ2) is 2.74. The number of amides is 1. The summed E-state index contributed by atoms with van der Waals surface area (Å²) >= 11 is 5.84. The van der Waals surface area contributed by atoms with Crippen LogP contribution in [-0.4, -0.2) is 15.3 Å². The van der Waals surface area contributed by atoms with Gasteiger partial charge in [-0.15, -0.1) is 0 Å². The lowest BCUT2D eigenvalue weighted by Gasteiger charge is -1.91. The molecular weight excluding hydrogens is 190 g/mol. The first-order valence-corrected chi connectivity index (χ1v) is 3.99. The van der Waals surface area contributed by atoms with Crippen LogP contribution < -0.4 is 5.73 Å². The molecule has 0 aliphatic rings. The van der Waals surface area contributed by atoms with Crippen molar-refractivity contribution in [3.63, 3.8) is 0 Å². The molecule has 1 amide bonds. The van der Waals surface area contributed by atoms with Gasteiger partial charge in [0.1, 0.15) is 5.69 Å². The summed E-state index contributed by atoms with van der Waals surface area (Å²) in [5, 5.41) is 0.495. The minimum Gasteiger partial charge on any atom is -0.364 e. The van der Waals surface area contributed by atoms with Gasteiger partial charge in [-0.05, 0) is 12.1 Å². The molecule has 2 N–H and O–H groups in total. The van der Waals surface area contributed by atoms with E-state index in [0.29, 0.717) is 10.7 Å². The van der Waals surface area contributed by atoms with Crippen molar-refractivity contribution in [1.29, 1.82) is 0 Å². The Kier molecular flexibility index (Phi) is 1.70. The third-order valence-electron chi connectivity index (χ3n) is 1.69. The van der Waals surface area contributed by atoms with E-state index in [9.17, 15) is 4.79 Å². The monoisotopic (exact) mass is 195 g/mol. The second-order valence-corrected chi connectivity index (χ2v) is 2.98. The summed E-state index contributed by atoms with van der Waals surface area (Å²) in [5.74, 6) is -0.556. The molecule has 0 aliphatic heterocycles. The number of rotatable bonds is 1. The molecule has 0 atom stereocenters. The van der Waals surface area contributed by atoms with Gasteiger partial charge in [0.2, 0.25) is 0 Å². The Hall–Kier alpha value is -1.55. The van der Waals surface area contributed by atoms with E-state index in [4.69, 9.17) is 17.3 Å². The highest BCUT2D eigenvalue weighted by Crippen LogP contribution is 2.15. The van der Waals surface area contributed by atoms with Crippen molar-refractivity contribution in [1.82, 2.24) is 9.38 Å². The van der Waals surface area contributed by atoms with Crippen LogP contribution in [0.3, 0.4) is 0 Å². The number of hydrogen-bond donors (Lipinski definition) is 1. The number of aromatic nitrogens is 2. The van der Waals surface area contributed by atoms with Gasteiger partial charge in [-0.1, -0.05) is 11.6 Å². The topological polar surface area (TPSA) is 60.4 Å². The van der Waals surface area contributed by atoms with Crippen molar-refractivity contribution in [3.8, 4) is 0 Å². The number of fused-ring (bicyclic) bond motifs is 1. The largest absolute Gasteiger partial charge is 0.364 e. The Labute approximate surface area is 78.9 Å². The molecule has 0 bridgehead atoms. The van der Waals surface area contributed by atoms with Gasteiger partial charge in [-0.3, -0.25) is 4.79 Å². The zero-order valence-electron chi connectivity index (χ0n) is 6.57. The second-order valence-electron chi connectivity index (χ2n) is 2.58. The Morgan fingerprint density at radius 1 is 1.62 bits per heavy atom. The Bertz CT molecular complexity index is 477. The number of primary amides is 1. The predicted octanol–water partition coefficient (Wildman–Crippen LogP) is 1.09. The van der Waals surface area contributed by atoms with E-state index < -0.39 is 5.91 Å². The summed E-state index contributed by atoms with van der Waals surface area (Å²) < 4.78 is 1.66. The molecule has 0 aromatic carbocycles. The highest BCUT2D eigenvalue weighted by molar-refractivity contribution is 6.33. The number of imidazole rings is 1. The molecule has 13 heavy (non-hydrogen) atoms. The molecule has 0 fully saturated rings. The van der Waals surface area contributed by atoms with E-state index in [-0.39, 0.29) is 5.69 Å². The highest BCUT2D eigenvalue weighted by atomic mass is 35.5. The number of pyridine rings is 1. The van der Waals surface area contributed by atoms with Crippen LogP contribution in [0, 0.1) is 0 Å². The molecular formula is C8H6ClN3O. The molecule has 0 aliphatic carbocycles. The molecule has 0 spiro atoms. The van der Waals surface area contributed by atoms with Crippen molar-refractivity contribution in [2.75, 3.05) is 0 Å². The van der Waals surface area contributed by atoms with Gasteiger partial charge in [0.05, 0.1) is 5.02 Å². The summed E-state index contributed by atoms with van der Waals surface area (Å²) in [6.07, 6.45) is 3.30. The molecule has 4 nitrogen and oxygen atoms in total. The van der Waals surface area contributed by atoms with E-state index in [1.54, 1.807) is 28.9 Å². The third kappa shape index (κ3) is 1.25. The van der Waals surface area contributed by atoms with Crippen LogP contribution in [0.1, 0.15) is 10.5 Å². The first-order valence-electron chi connectivity index (χ1n) is 3.61. The fraction of sp³-hybridized carbons (Fsp3) is 0. The zero-order chi connectivity index (χ0) is 9.42. The molecule has 2 aromatic rings. The average Bonchev–Trinajstić information content (AvgIpc) is 2.49. The van der Waals surface area contributed by atoms with E-state index in [1.807, 2.05) is 0 Å². The Morgan fingerprint density at radius 2 is 2.38 bits per heavy atom. The van der Waals surface area contributed by atoms with Crippen molar-refractivity contribution in [2.24, 2.45) is 5.73 Å². The van der Waals surface area contributed by atoms with Crippen molar-refractivity contribution in [3.05, 3.63) is 35.2 Å². The Balaban J connectivity index is 2.75. The number of halogens is 1. The van der Waals surface area contributed by atoms with Crippen molar-refractivity contribution in [2.45, 2.75) is 0 Å². The third-order valence-corrected chi connectivity index (χ3v) is 1.98. The van der Waals surface area contributed by atoms with Gasteiger partial charge < -0.3 is 10.1 Å². The molecule has 2 rings (SSSR count). The van der Waals surface area contributed by atoms with Crippen LogP contribution in [0.5, 0.6) is 0 Å². The first-order chi connectivity index (χ1) is 6.18. The molecule has 2 aromatic heterocycles. The molecule has 0 radical (unpaired) electrons. The van der Waals surface area contributed by atoms with Crippen molar-refractivity contribution >= 4 is 23.2 Å². The van der Waals surface area contributed by atoms with Crippen LogP contribution in [-0.2, 0) is 0 Å². The summed E-state index contributed by atoms with van der Waals surface area (Å²) in [7, 11) is 0. The highest BCUT2D eigenvalue weighted by Gasteiger charge is 2.07. The van der Waals surface area contributed by atoms with Crippen LogP contribution in [0.15, 0.2) is 24.5 Å². The molecule has 0 saturated carbocycles. The normalized spacial score (nSPS) is 10.5. The van der Waals surface area contributed by atoms with E-state index in [0.717, 1.165) is 0 Å². The first kappa shape index (κ1) is 8.07. The molecule has 0 unspecified atom stereocenters. The number of carbonyl (C=O) groups excluding carboxylic acids is 1. The quantitative estimate of drug-likeness (QED) is 0.741. The van der Waals surface area contributed by atoms with Crippen LogP contribution >= 0.6 is 11.6 Å². The lowest BCUT2D eigenvalue weighted by atomic mass is 10.5. The maximum Gasteiger partial charge on any atom is 0.268 e. The SMILES string of the molecule is NC(=O)c1cn2cccc(Cl)c2n1. The zero-order valence-corrected chi connectivity index (χ0v) is 7.32. The predicted molar refractivity (Wildman–Crippen MR) is 48.7 cm³/mol. The van der Waals surface area contributed by atoms with Gasteiger partial charge in [-0.25, -0.2) is 4.98 Å². The van der Waals surface area contributed by atoms with Gasteiger partial charge in [-0.2, -0.15) is 0 Å². The number of carbonyl (C=O) groups is 1. The van der Waals surface area contributed by atoms with Crippen LogP contribution in [0.4, 0.5) is 0 Å². The minimum absolute atomic E-state index is 0.216. The Morgan fingerprint density at radius 3 is 3.00 bits per heavy atom.